The smallest absolute Gasteiger partial charge is 0.316 e. The summed E-state index contributed by atoms with van der Waals surface area (Å²) in [6.45, 7) is 3.59. The maximum Gasteiger partial charge on any atom is 0.316 e. The highest BCUT2D eigenvalue weighted by Gasteiger charge is 2.37. The molecule has 118 valence electrons. The lowest BCUT2D eigenvalue weighted by Gasteiger charge is -2.28. The Bertz CT molecular complexity index is 705. The van der Waals surface area contributed by atoms with Crippen molar-refractivity contribution >= 4 is 11.8 Å². The van der Waals surface area contributed by atoms with Gasteiger partial charge in [-0.3, -0.25) is 9.59 Å². The minimum atomic E-state index is -0.820. The fourth-order valence-corrected chi connectivity index (χ4v) is 2.85. The monoisotopic (exact) mass is 310 g/mol. The summed E-state index contributed by atoms with van der Waals surface area (Å²) in [6.07, 6.45) is 0. The van der Waals surface area contributed by atoms with Crippen LogP contribution in [0.4, 0.5) is 0 Å². The molecule has 0 bridgehead atoms. The van der Waals surface area contributed by atoms with Gasteiger partial charge in [0.1, 0.15) is 17.4 Å². The number of rotatable bonds is 4. The van der Waals surface area contributed by atoms with Crippen molar-refractivity contribution in [2.75, 3.05) is 6.61 Å². The second-order valence-corrected chi connectivity index (χ2v) is 5.49. The Labute approximate surface area is 135 Å². The van der Waals surface area contributed by atoms with Crippen LogP contribution in [-0.2, 0) is 14.3 Å². The Kier molecular flexibility index (Phi) is 4.15. The highest BCUT2D eigenvalue weighted by molar-refractivity contribution is 6.04. The van der Waals surface area contributed by atoms with Gasteiger partial charge < -0.3 is 9.47 Å². The molecule has 0 aliphatic carbocycles. The van der Waals surface area contributed by atoms with Crippen LogP contribution < -0.4 is 4.74 Å². The van der Waals surface area contributed by atoms with Gasteiger partial charge >= 0.3 is 5.97 Å². The number of carbonyl (C=O) groups excluding carboxylic acids is 2. The lowest BCUT2D eigenvalue weighted by molar-refractivity contribution is -0.151. The topological polar surface area (TPSA) is 52.6 Å². The van der Waals surface area contributed by atoms with Crippen LogP contribution in [0.15, 0.2) is 48.5 Å². The molecule has 1 atom stereocenters. The van der Waals surface area contributed by atoms with E-state index in [0.29, 0.717) is 11.5 Å². The molecule has 1 unspecified atom stereocenters. The molecule has 0 saturated carbocycles. The molecule has 2 aromatic carbocycles. The third-order valence-electron chi connectivity index (χ3n) is 4.03. The largest absolute Gasteiger partial charge is 0.465 e. The Balaban J connectivity index is 2.04. The van der Waals surface area contributed by atoms with E-state index in [2.05, 4.69) is 0 Å². The predicted molar refractivity (Wildman–Crippen MR) is 85.6 cm³/mol. The fraction of sp³-hybridized carbons (Fsp3) is 0.263. The average molecular weight is 310 g/mol. The summed E-state index contributed by atoms with van der Waals surface area (Å²) in [6, 6.07) is 14.9. The number of ether oxygens (including phenoxy) is 2. The summed E-state index contributed by atoms with van der Waals surface area (Å²) in [5.41, 5.74) is 1.57. The quantitative estimate of drug-likeness (QED) is 0.638. The Morgan fingerprint density at radius 2 is 1.57 bits per heavy atom. The van der Waals surface area contributed by atoms with Crippen LogP contribution in [0, 0.1) is 5.92 Å². The number of esters is 1. The van der Waals surface area contributed by atoms with E-state index < -0.39 is 17.8 Å². The van der Waals surface area contributed by atoms with Crippen LogP contribution in [0.25, 0.3) is 0 Å². The molecule has 0 spiro atoms. The van der Waals surface area contributed by atoms with E-state index >= 15 is 0 Å². The van der Waals surface area contributed by atoms with Crippen molar-refractivity contribution in [1.82, 2.24) is 0 Å². The first-order chi connectivity index (χ1) is 11.1. The first-order valence-corrected chi connectivity index (χ1v) is 7.69. The highest BCUT2D eigenvalue weighted by atomic mass is 16.5. The number of ketones is 1. The van der Waals surface area contributed by atoms with Gasteiger partial charge in [0, 0.05) is 11.1 Å². The molecule has 1 heterocycles. The number of hydrogen-bond donors (Lipinski definition) is 0. The van der Waals surface area contributed by atoms with Crippen LogP contribution in [0.1, 0.15) is 30.9 Å². The molecule has 1 aliphatic heterocycles. The van der Waals surface area contributed by atoms with Crippen LogP contribution in [0.3, 0.4) is 0 Å². The first kappa shape index (κ1) is 15.3. The molecule has 0 amide bonds. The van der Waals surface area contributed by atoms with Crippen molar-refractivity contribution in [3.05, 3.63) is 59.7 Å². The van der Waals surface area contributed by atoms with Crippen molar-refractivity contribution in [3.8, 4) is 11.5 Å². The lowest BCUT2D eigenvalue weighted by atomic mass is 9.81. The molecule has 4 nitrogen and oxygen atoms in total. The predicted octanol–water partition coefficient (Wildman–Crippen LogP) is 3.69. The van der Waals surface area contributed by atoms with Gasteiger partial charge in [0.05, 0.1) is 12.5 Å². The summed E-state index contributed by atoms with van der Waals surface area (Å²) in [5.74, 6) is -0.693. The number of carbonyl (C=O) groups is 2. The maximum atomic E-state index is 13.0. The van der Waals surface area contributed by atoms with Crippen molar-refractivity contribution in [1.29, 1.82) is 0 Å². The van der Waals surface area contributed by atoms with Crippen molar-refractivity contribution in [2.45, 2.75) is 19.8 Å². The Morgan fingerprint density at radius 1 is 1.04 bits per heavy atom. The summed E-state index contributed by atoms with van der Waals surface area (Å²) >= 11 is 0. The molecular weight excluding hydrogens is 292 g/mol. The summed E-state index contributed by atoms with van der Waals surface area (Å²) < 4.78 is 10.9. The number of fused-ring (bicyclic) bond motifs is 2. The van der Waals surface area contributed by atoms with Crippen molar-refractivity contribution < 1.29 is 19.1 Å². The molecule has 0 N–H and O–H groups in total. The van der Waals surface area contributed by atoms with E-state index in [-0.39, 0.29) is 12.4 Å². The van der Waals surface area contributed by atoms with Gasteiger partial charge in [-0.2, -0.15) is 0 Å². The molecule has 0 saturated heterocycles. The Hall–Kier alpha value is -2.62. The summed E-state index contributed by atoms with van der Waals surface area (Å²) in [5, 5.41) is 0. The zero-order valence-electron chi connectivity index (χ0n) is 13.1. The van der Waals surface area contributed by atoms with E-state index in [1.165, 1.54) is 0 Å². The van der Waals surface area contributed by atoms with Gasteiger partial charge in [-0.1, -0.05) is 36.4 Å². The Morgan fingerprint density at radius 3 is 2.09 bits per heavy atom. The van der Waals surface area contributed by atoms with Gasteiger partial charge in [-0.25, -0.2) is 0 Å². The zero-order chi connectivity index (χ0) is 16.4. The molecule has 3 rings (SSSR count). The van der Waals surface area contributed by atoms with Crippen LogP contribution in [-0.4, -0.2) is 18.4 Å². The van der Waals surface area contributed by atoms with E-state index in [9.17, 15) is 9.59 Å². The lowest BCUT2D eigenvalue weighted by Crippen LogP contribution is -2.30. The van der Waals surface area contributed by atoms with Crippen LogP contribution in [0.2, 0.25) is 0 Å². The van der Waals surface area contributed by atoms with Crippen molar-refractivity contribution in [2.24, 2.45) is 5.92 Å². The van der Waals surface area contributed by atoms with Gasteiger partial charge in [0.15, 0.2) is 5.78 Å². The minimum Gasteiger partial charge on any atom is -0.465 e. The fourth-order valence-electron chi connectivity index (χ4n) is 2.85. The second-order valence-electron chi connectivity index (χ2n) is 5.49. The number of Topliss-reactive ketones (excluding diaryl/α,β-unsaturated/α-hetero) is 1. The standard InChI is InChI=1S/C19H18O4/c1-3-22-19(21)12(2)18(20)17-13-8-4-6-10-15(13)23-16-11-7-5-9-14(16)17/h4-12,17H,3H2,1-2H3. The minimum absolute atomic E-state index is 0.174. The number of benzene rings is 2. The maximum absolute atomic E-state index is 13.0. The second kappa shape index (κ2) is 6.24. The SMILES string of the molecule is CCOC(=O)C(C)C(=O)C1c2ccccc2Oc2ccccc21. The first-order valence-electron chi connectivity index (χ1n) is 7.69. The van der Waals surface area contributed by atoms with E-state index in [4.69, 9.17) is 9.47 Å². The van der Waals surface area contributed by atoms with Gasteiger partial charge in [-0.05, 0) is 26.0 Å². The normalized spacial score (nSPS) is 14.2. The van der Waals surface area contributed by atoms with E-state index in [1.807, 2.05) is 48.5 Å². The molecule has 0 fully saturated rings. The average Bonchev–Trinajstić information content (AvgIpc) is 2.58. The van der Waals surface area contributed by atoms with E-state index in [0.717, 1.165) is 11.1 Å². The summed E-state index contributed by atoms with van der Waals surface area (Å²) in [4.78, 5) is 25.0. The van der Waals surface area contributed by atoms with Gasteiger partial charge in [0.2, 0.25) is 0 Å². The number of hydrogen-bond acceptors (Lipinski definition) is 4. The third kappa shape index (κ3) is 2.72. The molecular formula is C19H18O4. The molecule has 2 aromatic rings. The highest BCUT2D eigenvalue weighted by Crippen LogP contribution is 2.45. The summed E-state index contributed by atoms with van der Waals surface area (Å²) in [7, 11) is 0. The third-order valence-corrected chi connectivity index (χ3v) is 4.03. The molecule has 4 heteroatoms. The molecule has 23 heavy (non-hydrogen) atoms. The number of para-hydroxylation sites is 2. The van der Waals surface area contributed by atoms with Gasteiger partial charge in [-0.15, -0.1) is 0 Å². The van der Waals surface area contributed by atoms with Crippen molar-refractivity contribution in [3.63, 3.8) is 0 Å². The van der Waals surface area contributed by atoms with Crippen LogP contribution >= 0.6 is 0 Å². The van der Waals surface area contributed by atoms with E-state index in [1.54, 1.807) is 13.8 Å². The molecule has 1 aliphatic rings. The molecule has 0 radical (unpaired) electrons. The zero-order valence-corrected chi connectivity index (χ0v) is 13.1. The van der Waals surface area contributed by atoms with Crippen LogP contribution in [0.5, 0.6) is 11.5 Å². The molecule has 0 aromatic heterocycles. The van der Waals surface area contributed by atoms with Gasteiger partial charge in [0.25, 0.3) is 0 Å².